The molecular weight excluding hydrogens is 441 g/mol. The maximum absolute atomic E-state index is 12.5. The molecule has 0 aliphatic carbocycles. The van der Waals surface area contributed by atoms with Crippen LogP contribution in [0, 0.1) is 0 Å². The van der Waals surface area contributed by atoms with Crippen LogP contribution in [0.1, 0.15) is 10.4 Å². The highest BCUT2D eigenvalue weighted by Gasteiger charge is 2.21. The quantitative estimate of drug-likeness (QED) is 0.263. The number of sulfonamides is 1. The third kappa shape index (κ3) is 4.92. The van der Waals surface area contributed by atoms with Gasteiger partial charge in [-0.15, -0.1) is 0 Å². The van der Waals surface area contributed by atoms with Crippen molar-refractivity contribution in [2.75, 3.05) is 4.72 Å². The van der Waals surface area contributed by atoms with Gasteiger partial charge in [-0.25, -0.2) is 13.2 Å². The van der Waals surface area contributed by atoms with Gasteiger partial charge < -0.3 is 10.2 Å². The highest BCUT2D eigenvalue weighted by Crippen LogP contribution is 2.35. The SMILES string of the molecule is O=C(O)/C(O)=C\C(=O)c1cccc(NS(=O)(=O)c2ccc(Cl)c(Cl)c2Cl)c1. The lowest BCUT2D eigenvalue weighted by Crippen LogP contribution is -2.14. The molecule has 2 aromatic rings. The fraction of sp³-hybridized carbons (Fsp3) is 0. The topological polar surface area (TPSA) is 121 Å². The molecule has 2 aromatic carbocycles. The van der Waals surface area contributed by atoms with Crippen molar-refractivity contribution in [1.29, 1.82) is 0 Å². The summed E-state index contributed by atoms with van der Waals surface area (Å²) < 4.78 is 27.3. The van der Waals surface area contributed by atoms with E-state index >= 15 is 0 Å². The maximum Gasteiger partial charge on any atom is 0.371 e. The first-order valence-corrected chi connectivity index (χ1v) is 9.59. The molecule has 3 N–H and O–H groups in total. The van der Waals surface area contributed by atoms with Gasteiger partial charge in [-0.05, 0) is 24.3 Å². The normalized spacial score (nSPS) is 11.9. The maximum atomic E-state index is 12.5. The van der Waals surface area contributed by atoms with Gasteiger partial charge in [-0.3, -0.25) is 9.52 Å². The molecule has 0 spiro atoms. The van der Waals surface area contributed by atoms with Gasteiger partial charge in [0.1, 0.15) is 4.90 Å². The standard InChI is InChI=1S/C16H10Cl3NO6S/c17-10-4-5-13(15(19)14(10)18)27(25,26)20-9-3-1-2-8(6-9)11(21)7-12(22)16(23)24/h1-7,20,22H,(H,23,24)/b12-7+. The van der Waals surface area contributed by atoms with E-state index in [9.17, 15) is 18.0 Å². The van der Waals surface area contributed by atoms with Crippen molar-refractivity contribution in [1.82, 2.24) is 0 Å². The Labute approximate surface area is 168 Å². The van der Waals surface area contributed by atoms with Gasteiger partial charge in [0, 0.05) is 17.3 Å². The smallest absolute Gasteiger partial charge is 0.371 e. The number of halogens is 3. The van der Waals surface area contributed by atoms with Crippen molar-refractivity contribution >= 4 is 62.3 Å². The Kier molecular flexibility index (Phi) is 6.38. The number of rotatable bonds is 6. The number of allylic oxidation sites excluding steroid dienone is 1. The average Bonchev–Trinajstić information content (AvgIpc) is 2.59. The van der Waals surface area contributed by atoms with E-state index in [1.165, 1.54) is 30.3 Å². The van der Waals surface area contributed by atoms with Crippen molar-refractivity contribution in [2.45, 2.75) is 4.90 Å². The zero-order valence-corrected chi connectivity index (χ0v) is 16.2. The zero-order valence-electron chi connectivity index (χ0n) is 13.1. The number of nitrogens with one attached hydrogen (secondary N) is 1. The minimum atomic E-state index is -4.16. The van der Waals surface area contributed by atoms with E-state index in [0.29, 0.717) is 6.08 Å². The van der Waals surface area contributed by atoms with Crippen molar-refractivity contribution in [3.63, 3.8) is 0 Å². The van der Waals surface area contributed by atoms with E-state index in [2.05, 4.69) is 4.72 Å². The number of carboxylic acids is 1. The van der Waals surface area contributed by atoms with E-state index in [0.717, 1.165) is 6.07 Å². The predicted octanol–water partition coefficient (Wildman–Crippen LogP) is 4.16. The molecule has 0 radical (unpaired) electrons. The van der Waals surface area contributed by atoms with Gasteiger partial charge in [0.05, 0.1) is 15.1 Å². The molecule has 0 atom stereocenters. The number of benzene rings is 2. The summed E-state index contributed by atoms with van der Waals surface area (Å²) in [6.45, 7) is 0. The van der Waals surface area contributed by atoms with Crippen LogP contribution in [-0.2, 0) is 14.8 Å². The monoisotopic (exact) mass is 449 g/mol. The average molecular weight is 451 g/mol. The number of carbonyl (C=O) groups excluding carboxylic acids is 1. The van der Waals surface area contributed by atoms with E-state index < -0.39 is 27.5 Å². The molecule has 0 bridgehead atoms. The Hall–Kier alpha value is -2.26. The summed E-state index contributed by atoms with van der Waals surface area (Å²) in [7, 11) is -4.16. The van der Waals surface area contributed by atoms with Gasteiger partial charge in [0.15, 0.2) is 5.78 Å². The minimum Gasteiger partial charge on any atom is -0.502 e. The molecule has 0 fully saturated rings. The van der Waals surface area contributed by atoms with Crippen LogP contribution >= 0.6 is 34.8 Å². The first-order chi connectivity index (χ1) is 12.5. The predicted molar refractivity (Wildman–Crippen MR) is 101 cm³/mol. The second kappa shape index (κ2) is 8.18. The number of anilines is 1. The lowest BCUT2D eigenvalue weighted by Gasteiger charge is -2.11. The number of aliphatic carboxylic acids is 1. The van der Waals surface area contributed by atoms with Crippen LogP contribution < -0.4 is 4.72 Å². The second-order valence-corrected chi connectivity index (χ2v) is 7.87. The van der Waals surface area contributed by atoms with Gasteiger partial charge in [-0.2, -0.15) is 0 Å². The zero-order chi connectivity index (χ0) is 20.4. The number of aliphatic hydroxyl groups excluding tert-OH is 1. The van der Waals surface area contributed by atoms with Crippen LogP contribution in [0.2, 0.25) is 15.1 Å². The number of hydrogen-bond donors (Lipinski definition) is 3. The van der Waals surface area contributed by atoms with E-state index in [1.807, 2.05) is 0 Å². The highest BCUT2D eigenvalue weighted by molar-refractivity contribution is 7.92. The lowest BCUT2D eigenvalue weighted by atomic mass is 10.1. The Morgan fingerprint density at radius 3 is 2.30 bits per heavy atom. The summed E-state index contributed by atoms with van der Waals surface area (Å²) in [6.07, 6.45) is 0.506. The van der Waals surface area contributed by atoms with Crippen molar-refractivity contribution in [3.05, 3.63) is 68.9 Å². The molecule has 0 aliphatic heterocycles. The fourth-order valence-electron chi connectivity index (χ4n) is 1.93. The van der Waals surface area contributed by atoms with Gasteiger partial charge in [0.2, 0.25) is 5.76 Å². The summed E-state index contributed by atoms with van der Waals surface area (Å²) in [6, 6.07) is 7.65. The van der Waals surface area contributed by atoms with E-state index in [-0.39, 0.29) is 31.2 Å². The molecule has 0 saturated heterocycles. The summed E-state index contributed by atoms with van der Waals surface area (Å²) in [5.74, 6) is -3.65. The third-order valence-corrected chi connectivity index (χ3v) is 6.00. The summed E-state index contributed by atoms with van der Waals surface area (Å²) in [5, 5.41) is 17.4. The van der Waals surface area contributed by atoms with Crippen LogP contribution in [-0.4, -0.2) is 30.4 Å². The van der Waals surface area contributed by atoms with Crippen LogP contribution in [0.5, 0.6) is 0 Å². The van der Waals surface area contributed by atoms with E-state index in [4.69, 9.17) is 45.0 Å². The number of ketones is 1. The fourth-order valence-corrected chi connectivity index (χ4v) is 3.96. The summed E-state index contributed by atoms with van der Waals surface area (Å²) in [4.78, 5) is 22.2. The van der Waals surface area contributed by atoms with Gasteiger partial charge in [0.25, 0.3) is 10.0 Å². The molecule has 0 aliphatic rings. The van der Waals surface area contributed by atoms with Crippen LogP contribution in [0.25, 0.3) is 0 Å². The number of aliphatic hydroxyl groups is 1. The summed E-state index contributed by atoms with van der Waals surface area (Å²) in [5.41, 5.74) is -0.0468. The second-order valence-electron chi connectivity index (χ2n) is 5.06. The molecule has 142 valence electrons. The van der Waals surface area contributed by atoms with Crippen molar-refractivity contribution in [2.24, 2.45) is 0 Å². The molecule has 0 unspecified atom stereocenters. The number of hydrogen-bond acceptors (Lipinski definition) is 5. The molecule has 0 saturated carbocycles. The molecule has 0 aromatic heterocycles. The first-order valence-electron chi connectivity index (χ1n) is 6.97. The van der Waals surface area contributed by atoms with Gasteiger partial charge >= 0.3 is 5.97 Å². The van der Waals surface area contributed by atoms with Crippen molar-refractivity contribution in [3.8, 4) is 0 Å². The summed E-state index contributed by atoms with van der Waals surface area (Å²) >= 11 is 17.6. The molecule has 0 amide bonds. The Bertz CT molecular complexity index is 1070. The first kappa shape index (κ1) is 21.0. The van der Waals surface area contributed by atoms with Gasteiger partial charge in [-0.1, -0.05) is 46.9 Å². The molecule has 2 rings (SSSR count). The number of carbonyl (C=O) groups is 2. The minimum absolute atomic E-state index is 0.00574. The largest absolute Gasteiger partial charge is 0.502 e. The van der Waals surface area contributed by atoms with Crippen molar-refractivity contribution < 1.29 is 28.2 Å². The Balaban J connectivity index is 2.36. The van der Waals surface area contributed by atoms with Crippen LogP contribution in [0.4, 0.5) is 5.69 Å². The molecule has 0 heterocycles. The third-order valence-electron chi connectivity index (χ3n) is 3.18. The highest BCUT2D eigenvalue weighted by atomic mass is 35.5. The van der Waals surface area contributed by atoms with E-state index in [1.54, 1.807) is 0 Å². The number of carboxylic acid groups (broad SMARTS) is 1. The molecule has 27 heavy (non-hydrogen) atoms. The lowest BCUT2D eigenvalue weighted by molar-refractivity contribution is -0.135. The Morgan fingerprint density at radius 1 is 1.00 bits per heavy atom. The molecular formula is C16H10Cl3NO6S. The van der Waals surface area contributed by atoms with Crippen LogP contribution in [0.15, 0.2) is 53.1 Å². The molecule has 11 heteroatoms. The van der Waals surface area contributed by atoms with Crippen LogP contribution in [0.3, 0.4) is 0 Å². The Morgan fingerprint density at radius 2 is 1.67 bits per heavy atom. The molecule has 7 nitrogen and oxygen atoms in total.